The van der Waals surface area contributed by atoms with Gasteiger partial charge in [-0.15, -0.1) is 0 Å². The Bertz CT molecular complexity index is 816. The number of hydrogen-bond acceptors (Lipinski definition) is 6. The molecule has 2 aromatic rings. The Morgan fingerprint density at radius 3 is 1.69 bits per heavy atom. The van der Waals surface area contributed by atoms with E-state index in [9.17, 15) is 38.2 Å². The standard InChI is InChI=1S/C14H8F3IN2O6/c15-14(16,17)13(21)26-18(9-3-1-5-11(7-9)19(22)23)10-4-2-6-12(8-10)20(24)25/h1-8H. The Morgan fingerprint density at radius 2 is 1.35 bits per heavy atom. The molecule has 2 rings (SSSR count). The van der Waals surface area contributed by atoms with Crippen LogP contribution in [0.5, 0.6) is 0 Å². The maximum atomic E-state index is 12.6. The van der Waals surface area contributed by atoms with Gasteiger partial charge in [-0.1, -0.05) is 0 Å². The molecule has 12 heteroatoms. The minimum absolute atomic E-state index is 0.0153. The van der Waals surface area contributed by atoms with E-state index < -0.39 is 53.6 Å². The Labute approximate surface area is 150 Å². The van der Waals surface area contributed by atoms with Crippen LogP contribution in [0.1, 0.15) is 0 Å². The van der Waals surface area contributed by atoms with Gasteiger partial charge in [-0.3, -0.25) is 0 Å². The molecule has 0 saturated heterocycles. The van der Waals surface area contributed by atoms with Crippen molar-refractivity contribution in [2.75, 3.05) is 0 Å². The van der Waals surface area contributed by atoms with Gasteiger partial charge in [-0.25, -0.2) is 0 Å². The number of nitrogens with zero attached hydrogens (tertiary/aromatic N) is 2. The van der Waals surface area contributed by atoms with Crippen molar-refractivity contribution in [2.24, 2.45) is 0 Å². The third-order valence-electron chi connectivity index (χ3n) is 2.81. The number of alkyl halides is 3. The van der Waals surface area contributed by atoms with Crippen LogP contribution >= 0.6 is 20.2 Å². The average molecular weight is 484 g/mol. The maximum absolute atomic E-state index is 12.6. The van der Waals surface area contributed by atoms with Gasteiger partial charge in [0.15, 0.2) is 0 Å². The first-order chi connectivity index (χ1) is 12.1. The zero-order chi connectivity index (χ0) is 19.5. The number of carbonyl (C=O) groups excluding carboxylic acids is 1. The first kappa shape index (κ1) is 19.6. The molecule has 0 bridgehead atoms. The third-order valence-corrected chi connectivity index (χ3v) is 7.26. The molecule has 0 aliphatic heterocycles. The van der Waals surface area contributed by atoms with E-state index in [2.05, 4.69) is 3.07 Å². The van der Waals surface area contributed by atoms with Gasteiger partial charge in [0.2, 0.25) is 0 Å². The first-order valence-corrected chi connectivity index (χ1v) is 9.62. The summed E-state index contributed by atoms with van der Waals surface area (Å²) in [4.78, 5) is 31.5. The monoisotopic (exact) mass is 484 g/mol. The number of hydrogen-bond donors (Lipinski definition) is 0. The molecule has 0 aromatic heterocycles. The molecule has 0 saturated carbocycles. The quantitative estimate of drug-likeness (QED) is 0.360. The zero-order valence-electron chi connectivity index (χ0n) is 12.5. The summed E-state index contributed by atoms with van der Waals surface area (Å²) in [6.45, 7) is 0. The molecule has 0 spiro atoms. The summed E-state index contributed by atoms with van der Waals surface area (Å²) in [7, 11) is 0. The van der Waals surface area contributed by atoms with E-state index in [-0.39, 0.29) is 7.14 Å². The Morgan fingerprint density at radius 1 is 0.923 bits per heavy atom. The van der Waals surface area contributed by atoms with E-state index >= 15 is 0 Å². The fourth-order valence-corrected chi connectivity index (χ4v) is 5.87. The number of non-ortho nitro benzene ring substituents is 2. The summed E-state index contributed by atoms with van der Waals surface area (Å²) >= 11 is -3.64. The van der Waals surface area contributed by atoms with Crippen LogP contribution in [0.15, 0.2) is 48.5 Å². The summed E-state index contributed by atoms with van der Waals surface area (Å²) in [6, 6.07) is 9.25. The van der Waals surface area contributed by atoms with E-state index in [1.165, 1.54) is 24.3 Å². The van der Waals surface area contributed by atoms with E-state index in [1.807, 2.05) is 0 Å². The summed E-state index contributed by atoms with van der Waals surface area (Å²) in [5.41, 5.74) is -0.809. The molecule has 26 heavy (non-hydrogen) atoms. The average Bonchev–Trinajstić information content (AvgIpc) is 2.58. The van der Waals surface area contributed by atoms with Gasteiger partial charge in [-0.05, 0) is 0 Å². The Hall–Kier alpha value is -2.77. The molecule has 0 aliphatic rings. The van der Waals surface area contributed by atoms with Crippen LogP contribution in [0.3, 0.4) is 0 Å². The van der Waals surface area contributed by atoms with Crippen molar-refractivity contribution in [3.8, 4) is 0 Å². The number of benzene rings is 2. The number of nitro groups is 2. The normalized spacial score (nSPS) is 11.6. The van der Waals surface area contributed by atoms with Gasteiger partial charge in [0, 0.05) is 0 Å². The summed E-state index contributed by atoms with van der Waals surface area (Å²) in [6.07, 6.45) is -5.27. The summed E-state index contributed by atoms with van der Waals surface area (Å²) in [5, 5.41) is 21.8. The molecule has 0 N–H and O–H groups in total. The number of rotatable bonds is 5. The molecule has 138 valence electrons. The fraction of sp³-hybridized carbons (Fsp3) is 0.0714. The van der Waals surface area contributed by atoms with Gasteiger partial charge >= 0.3 is 151 Å². The first-order valence-electron chi connectivity index (χ1n) is 6.58. The molecule has 8 nitrogen and oxygen atoms in total. The molecule has 0 fully saturated rings. The molecular formula is C14H8F3IN2O6. The zero-order valence-corrected chi connectivity index (χ0v) is 14.6. The molecule has 0 unspecified atom stereocenters. The number of halogens is 4. The Balaban J connectivity index is 2.54. The van der Waals surface area contributed by atoms with Crippen LogP contribution in [0.2, 0.25) is 0 Å². The topological polar surface area (TPSA) is 113 Å². The summed E-state index contributed by atoms with van der Waals surface area (Å²) in [5.74, 6) is -2.46. The fourth-order valence-electron chi connectivity index (χ4n) is 1.72. The third kappa shape index (κ3) is 4.65. The van der Waals surface area contributed by atoms with Crippen LogP contribution in [0, 0.1) is 27.4 Å². The van der Waals surface area contributed by atoms with Crippen LogP contribution in [-0.2, 0) is 7.86 Å². The predicted molar refractivity (Wildman–Crippen MR) is 89.8 cm³/mol. The van der Waals surface area contributed by atoms with Crippen molar-refractivity contribution in [3.05, 3.63) is 75.9 Å². The van der Waals surface area contributed by atoms with Crippen molar-refractivity contribution < 1.29 is 30.9 Å². The van der Waals surface area contributed by atoms with Crippen molar-refractivity contribution in [2.45, 2.75) is 6.18 Å². The second-order valence-corrected chi connectivity index (χ2v) is 8.94. The molecule has 0 atom stereocenters. The second kappa shape index (κ2) is 7.63. The molecule has 0 heterocycles. The van der Waals surface area contributed by atoms with Crippen LogP contribution < -0.4 is 0 Å². The van der Waals surface area contributed by atoms with Gasteiger partial charge in [-0.2, -0.15) is 0 Å². The second-order valence-electron chi connectivity index (χ2n) is 4.59. The van der Waals surface area contributed by atoms with Crippen molar-refractivity contribution in [1.82, 2.24) is 0 Å². The van der Waals surface area contributed by atoms with Gasteiger partial charge < -0.3 is 0 Å². The summed E-state index contributed by atoms with van der Waals surface area (Å²) < 4.78 is 42.4. The van der Waals surface area contributed by atoms with E-state index in [0.29, 0.717) is 0 Å². The van der Waals surface area contributed by atoms with Crippen molar-refractivity contribution in [3.63, 3.8) is 0 Å². The number of carbonyl (C=O) groups is 1. The van der Waals surface area contributed by atoms with Gasteiger partial charge in [0.25, 0.3) is 0 Å². The SMILES string of the molecule is O=C(OI(c1cccc([N+](=O)[O-])c1)c1cccc([N+](=O)[O-])c1)C(F)(F)F. The van der Waals surface area contributed by atoms with E-state index in [0.717, 1.165) is 24.3 Å². The molecule has 0 aliphatic carbocycles. The predicted octanol–water partition coefficient (Wildman–Crippen LogP) is 4.07. The minimum atomic E-state index is -5.27. The van der Waals surface area contributed by atoms with Crippen LogP contribution in [-0.4, -0.2) is 22.0 Å². The van der Waals surface area contributed by atoms with Crippen LogP contribution in [0.25, 0.3) is 0 Å². The molecule has 2 aromatic carbocycles. The van der Waals surface area contributed by atoms with Gasteiger partial charge in [0.1, 0.15) is 0 Å². The number of nitro benzene ring substituents is 2. The van der Waals surface area contributed by atoms with Gasteiger partial charge in [0.05, 0.1) is 0 Å². The molecular weight excluding hydrogens is 476 g/mol. The van der Waals surface area contributed by atoms with Crippen LogP contribution in [0.4, 0.5) is 24.5 Å². The van der Waals surface area contributed by atoms with E-state index in [4.69, 9.17) is 0 Å². The molecule has 0 amide bonds. The van der Waals surface area contributed by atoms with Crippen molar-refractivity contribution >= 4 is 37.6 Å². The van der Waals surface area contributed by atoms with E-state index in [1.54, 1.807) is 0 Å². The molecule has 0 radical (unpaired) electrons. The Kier molecular flexibility index (Phi) is 5.74. The van der Waals surface area contributed by atoms with Crippen molar-refractivity contribution in [1.29, 1.82) is 0 Å².